The second-order valence-corrected chi connectivity index (χ2v) is 3.44. The molecule has 0 amide bonds. The first-order chi connectivity index (χ1) is 7.72. The lowest BCUT2D eigenvalue weighted by Gasteiger charge is -2.08. The number of halogens is 1. The van der Waals surface area contributed by atoms with E-state index in [2.05, 4.69) is 0 Å². The zero-order valence-electron chi connectivity index (χ0n) is 8.52. The Labute approximate surface area is 92.5 Å². The van der Waals surface area contributed by atoms with Gasteiger partial charge in [0, 0.05) is 17.4 Å². The average Bonchev–Trinajstić information content (AvgIpc) is 2.71. The molecule has 0 radical (unpaired) electrons. The summed E-state index contributed by atoms with van der Waals surface area (Å²) in [5.74, 6) is -0.349. The minimum atomic E-state index is -0.349. The van der Waals surface area contributed by atoms with Gasteiger partial charge in [-0.05, 0) is 24.3 Å². The van der Waals surface area contributed by atoms with Gasteiger partial charge in [-0.2, -0.15) is 5.26 Å². The van der Waals surface area contributed by atoms with Crippen LogP contribution in [0.5, 0.6) is 0 Å². The zero-order valence-corrected chi connectivity index (χ0v) is 8.52. The number of hydrogen-bond acceptors (Lipinski definition) is 2. The van der Waals surface area contributed by atoms with E-state index in [1.807, 2.05) is 6.07 Å². The number of nitriles is 1. The summed E-state index contributed by atoms with van der Waals surface area (Å²) < 4.78 is 15.2. The van der Waals surface area contributed by atoms with E-state index >= 15 is 0 Å². The summed E-state index contributed by atoms with van der Waals surface area (Å²) in [6.07, 6.45) is 1.73. The molecule has 1 aromatic carbocycles. The Morgan fingerprint density at radius 3 is 2.81 bits per heavy atom. The van der Waals surface area contributed by atoms with Crippen LogP contribution in [0.3, 0.4) is 0 Å². The van der Waals surface area contributed by atoms with Gasteiger partial charge in [0.1, 0.15) is 17.6 Å². The van der Waals surface area contributed by atoms with Crippen molar-refractivity contribution in [3.05, 3.63) is 53.6 Å². The fourth-order valence-corrected chi connectivity index (χ4v) is 1.57. The number of aromatic nitrogens is 1. The molecule has 0 aliphatic rings. The quantitative estimate of drug-likeness (QED) is 0.780. The molecule has 0 spiro atoms. The van der Waals surface area contributed by atoms with Crippen LogP contribution in [0.25, 0.3) is 0 Å². The molecule has 2 rings (SSSR count). The second kappa shape index (κ2) is 4.07. The fourth-order valence-electron chi connectivity index (χ4n) is 1.57. The van der Waals surface area contributed by atoms with Gasteiger partial charge >= 0.3 is 0 Å². The Morgan fingerprint density at radius 2 is 2.12 bits per heavy atom. The first-order valence-corrected chi connectivity index (χ1v) is 4.80. The van der Waals surface area contributed by atoms with Crippen molar-refractivity contribution in [2.24, 2.45) is 0 Å². The van der Waals surface area contributed by atoms with Gasteiger partial charge in [0.2, 0.25) is 0 Å². The molecule has 1 heterocycles. The Kier molecular flexibility index (Phi) is 2.61. The number of rotatable bonds is 2. The predicted octanol–water partition coefficient (Wildman–Crippen LogP) is 2.13. The van der Waals surface area contributed by atoms with Crippen LogP contribution in [0, 0.1) is 17.1 Å². The molecule has 0 aliphatic heterocycles. The maximum Gasteiger partial charge on any atom is 0.130 e. The Bertz CT molecular complexity index is 531. The molecular formula is C12H10FN3. The molecule has 0 saturated heterocycles. The molecule has 80 valence electrons. The first-order valence-electron chi connectivity index (χ1n) is 4.80. The Morgan fingerprint density at radius 1 is 1.31 bits per heavy atom. The van der Waals surface area contributed by atoms with E-state index in [-0.39, 0.29) is 12.4 Å². The third-order valence-electron chi connectivity index (χ3n) is 2.43. The molecule has 3 nitrogen and oxygen atoms in total. The summed E-state index contributed by atoms with van der Waals surface area (Å²) in [6.45, 7) is 0.272. The van der Waals surface area contributed by atoms with Crippen LogP contribution in [-0.2, 0) is 6.54 Å². The van der Waals surface area contributed by atoms with Gasteiger partial charge in [-0.1, -0.05) is 6.07 Å². The van der Waals surface area contributed by atoms with E-state index in [0.717, 1.165) is 0 Å². The number of benzene rings is 1. The van der Waals surface area contributed by atoms with E-state index in [0.29, 0.717) is 16.9 Å². The molecular weight excluding hydrogens is 205 g/mol. The third-order valence-corrected chi connectivity index (χ3v) is 2.43. The number of nitrogens with two attached hydrogens (primary N) is 1. The molecule has 0 aliphatic carbocycles. The van der Waals surface area contributed by atoms with Crippen LogP contribution in [0.1, 0.15) is 11.3 Å². The van der Waals surface area contributed by atoms with Gasteiger partial charge in [-0.25, -0.2) is 4.39 Å². The van der Waals surface area contributed by atoms with Crippen LogP contribution in [0.4, 0.5) is 10.1 Å². The van der Waals surface area contributed by atoms with E-state index in [4.69, 9.17) is 11.0 Å². The van der Waals surface area contributed by atoms with E-state index < -0.39 is 0 Å². The van der Waals surface area contributed by atoms with E-state index in [1.165, 1.54) is 6.07 Å². The summed E-state index contributed by atoms with van der Waals surface area (Å²) in [5.41, 5.74) is 6.99. The van der Waals surface area contributed by atoms with Crippen molar-refractivity contribution in [1.82, 2.24) is 4.57 Å². The lowest BCUT2D eigenvalue weighted by Crippen LogP contribution is -2.06. The molecule has 4 heteroatoms. The predicted molar refractivity (Wildman–Crippen MR) is 59.1 cm³/mol. The lowest BCUT2D eigenvalue weighted by atomic mass is 10.1. The highest BCUT2D eigenvalue weighted by Crippen LogP contribution is 2.17. The van der Waals surface area contributed by atoms with Crippen molar-refractivity contribution in [3.63, 3.8) is 0 Å². The van der Waals surface area contributed by atoms with Crippen LogP contribution in [0.15, 0.2) is 36.5 Å². The summed E-state index contributed by atoms with van der Waals surface area (Å²) >= 11 is 0. The number of hydrogen-bond donors (Lipinski definition) is 1. The summed E-state index contributed by atoms with van der Waals surface area (Å²) in [6, 6.07) is 10.0. The highest BCUT2D eigenvalue weighted by atomic mass is 19.1. The molecule has 2 N–H and O–H groups in total. The van der Waals surface area contributed by atoms with Crippen LogP contribution in [-0.4, -0.2) is 4.57 Å². The highest BCUT2D eigenvalue weighted by molar-refractivity contribution is 5.47. The lowest BCUT2D eigenvalue weighted by molar-refractivity contribution is 0.600. The van der Waals surface area contributed by atoms with Gasteiger partial charge < -0.3 is 10.3 Å². The van der Waals surface area contributed by atoms with Crippen molar-refractivity contribution < 1.29 is 4.39 Å². The first kappa shape index (κ1) is 10.2. The smallest absolute Gasteiger partial charge is 0.130 e. The van der Waals surface area contributed by atoms with Crippen LogP contribution in [0.2, 0.25) is 0 Å². The molecule has 0 unspecified atom stereocenters. The summed E-state index contributed by atoms with van der Waals surface area (Å²) in [4.78, 5) is 0. The maximum atomic E-state index is 13.5. The average molecular weight is 215 g/mol. The maximum absolute atomic E-state index is 13.5. The van der Waals surface area contributed by atoms with Crippen molar-refractivity contribution in [2.45, 2.75) is 6.54 Å². The molecule has 0 saturated carbocycles. The number of nitrogens with zero attached hydrogens (tertiary/aromatic N) is 2. The SMILES string of the molecule is N#Cc1cccn1Cc1c(N)cccc1F. The van der Waals surface area contributed by atoms with Crippen molar-refractivity contribution >= 4 is 5.69 Å². The van der Waals surface area contributed by atoms with Crippen molar-refractivity contribution in [1.29, 1.82) is 5.26 Å². The fraction of sp³-hybridized carbons (Fsp3) is 0.0833. The standard InChI is InChI=1S/C12H10FN3/c13-11-4-1-5-12(15)10(11)8-16-6-2-3-9(16)7-14/h1-6H,8,15H2. The highest BCUT2D eigenvalue weighted by Gasteiger charge is 2.08. The summed E-state index contributed by atoms with van der Waals surface area (Å²) in [7, 11) is 0. The molecule has 0 atom stereocenters. The van der Waals surface area contributed by atoms with Gasteiger partial charge in [0.25, 0.3) is 0 Å². The minimum Gasteiger partial charge on any atom is -0.398 e. The van der Waals surface area contributed by atoms with Crippen molar-refractivity contribution in [2.75, 3.05) is 5.73 Å². The van der Waals surface area contributed by atoms with Gasteiger partial charge in [0.15, 0.2) is 0 Å². The normalized spacial score (nSPS) is 10.0. The molecule has 0 bridgehead atoms. The largest absolute Gasteiger partial charge is 0.398 e. The van der Waals surface area contributed by atoms with E-state index in [9.17, 15) is 4.39 Å². The Balaban J connectivity index is 2.38. The van der Waals surface area contributed by atoms with Gasteiger partial charge in [-0.3, -0.25) is 0 Å². The zero-order chi connectivity index (χ0) is 11.5. The van der Waals surface area contributed by atoms with E-state index in [1.54, 1.807) is 35.0 Å². The molecule has 2 aromatic rings. The third kappa shape index (κ3) is 1.75. The molecule has 1 aromatic heterocycles. The van der Waals surface area contributed by atoms with Gasteiger partial charge in [0.05, 0.1) is 6.54 Å². The van der Waals surface area contributed by atoms with Crippen molar-refractivity contribution in [3.8, 4) is 6.07 Å². The number of anilines is 1. The summed E-state index contributed by atoms with van der Waals surface area (Å²) in [5, 5.41) is 8.83. The van der Waals surface area contributed by atoms with Crippen LogP contribution >= 0.6 is 0 Å². The second-order valence-electron chi connectivity index (χ2n) is 3.44. The number of nitrogen functional groups attached to an aromatic ring is 1. The molecule has 0 fully saturated rings. The minimum absolute atomic E-state index is 0.272. The van der Waals surface area contributed by atoms with Crippen LogP contribution < -0.4 is 5.73 Å². The molecule has 16 heavy (non-hydrogen) atoms. The topological polar surface area (TPSA) is 54.7 Å². The van der Waals surface area contributed by atoms with Gasteiger partial charge in [-0.15, -0.1) is 0 Å². The Hall–Kier alpha value is -2.28. The monoisotopic (exact) mass is 215 g/mol.